The maximum Gasteiger partial charge on any atom is 0.0239 e. The molecule has 2 heteroatoms. The number of halogens is 1. The predicted molar refractivity (Wildman–Crippen MR) is 72.1 cm³/mol. The maximum absolute atomic E-state index is 5.76. The van der Waals surface area contributed by atoms with E-state index < -0.39 is 0 Å². The number of benzene rings is 1. The quantitative estimate of drug-likeness (QED) is 0.682. The second kappa shape index (κ2) is 6.93. The van der Waals surface area contributed by atoms with Gasteiger partial charge in [-0.3, -0.25) is 4.90 Å². The fourth-order valence-electron chi connectivity index (χ4n) is 1.79. The Morgan fingerprint density at radius 2 is 1.94 bits per heavy atom. The predicted octanol–water partition coefficient (Wildman–Crippen LogP) is 3.83. The third-order valence-electron chi connectivity index (χ3n) is 2.94. The highest BCUT2D eigenvalue weighted by molar-refractivity contribution is 6.17. The van der Waals surface area contributed by atoms with Crippen LogP contribution in [-0.4, -0.2) is 23.4 Å². The fourth-order valence-corrected chi connectivity index (χ4v) is 1.91. The molecule has 0 aliphatic rings. The molecule has 1 rings (SSSR count). The molecule has 0 fully saturated rings. The summed E-state index contributed by atoms with van der Waals surface area (Å²) in [7, 11) is 0. The van der Waals surface area contributed by atoms with Crippen molar-refractivity contribution >= 4 is 11.6 Å². The summed E-state index contributed by atoms with van der Waals surface area (Å²) >= 11 is 5.76. The van der Waals surface area contributed by atoms with Crippen molar-refractivity contribution in [3.8, 4) is 0 Å². The summed E-state index contributed by atoms with van der Waals surface area (Å²) in [6.07, 6.45) is 1.06. The monoisotopic (exact) mass is 239 g/mol. The van der Waals surface area contributed by atoms with Crippen molar-refractivity contribution < 1.29 is 0 Å². The van der Waals surface area contributed by atoms with E-state index in [1.807, 2.05) is 0 Å². The molecule has 0 amide bonds. The van der Waals surface area contributed by atoms with Crippen molar-refractivity contribution in [2.45, 2.75) is 39.8 Å². The number of hydrogen-bond acceptors (Lipinski definition) is 1. The lowest BCUT2D eigenvalue weighted by Gasteiger charge is -2.26. The highest BCUT2D eigenvalue weighted by Crippen LogP contribution is 2.13. The van der Waals surface area contributed by atoms with Gasteiger partial charge in [0, 0.05) is 18.5 Å². The number of alkyl halides is 1. The molecule has 0 saturated heterocycles. The van der Waals surface area contributed by atoms with E-state index in [2.05, 4.69) is 49.9 Å². The van der Waals surface area contributed by atoms with Crippen LogP contribution in [0.25, 0.3) is 0 Å². The lowest BCUT2D eigenvalue weighted by Crippen LogP contribution is -2.31. The van der Waals surface area contributed by atoms with Crippen LogP contribution < -0.4 is 0 Å². The lowest BCUT2D eigenvalue weighted by atomic mass is 10.1. The van der Waals surface area contributed by atoms with Crippen molar-refractivity contribution in [1.82, 2.24) is 4.90 Å². The highest BCUT2D eigenvalue weighted by atomic mass is 35.5. The summed E-state index contributed by atoms with van der Waals surface area (Å²) in [5.41, 5.74) is 2.80. The first kappa shape index (κ1) is 13.5. The summed E-state index contributed by atoms with van der Waals surface area (Å²) in [5.74, 6) is 0.747. The van der Waals surface area contributed by atoms with Crippen LogP contribution in [0.4, 0.5) is 0 Å². The number of nitrogens with zero attached hydrogens (tertiary/aromatic N) is 1. The normalized spacial score (nSPS) is 11.4. The average molecular weight is 240 g/mol. The van der Waals surface area contributed by atoms with Gasteiger partial charge in [-0.2, -0.15) is 0 Å². The Labute approximate surface area is 104 Å². The van der Waals surface area contributed by atoms with Gasteiger partial charge in [0.15, 0.2) is 0 Å². The Kier molecular flexibility index (Phi) is 5.86. The Bertz CT molecular complexity index is 309. The van der Waals surface area contributed by atoms with E-state index >= 15 is 0 Å². The van der Waals surface area contributed by atoms with Crippen LogP contribution >= 0.6 is 11.6 Å². The largest absolute Gasteiger partial charge is 0.297 e. The van der Waals surface area contributed by atoms with Gasteiger partial charge in [-0.15, -0.1) is 11.6 Å². The van der Waals surface area contributed by atoms with Gasteiger partial charge in [0.25, 0.3) is 0 Å². The van der Waals surface area contributed by atoms with Crippen molar-refractivity contribution in [2.24, 2.45) is 0 Å². The molecule has 0 atom stereocenters. The van der Waals surface area contributed by atoms with Crippen LogP contribution in [0.5, 0.6) is 0 Å². The second-order valence-electron chi connectivity index (χ2n) is 4.53. The second-order valence-corrected chi connectivity index (χ2v) is 4.91. The van der Waals surface area contributed by atoms with Crippen LogP contribution in [0.1, 0.15) is 31.4 Å². The van der Waals surface area contributed by atoms with Crippen molar-refractivity contribution in [3.63, 3.8) is 0 Å². The third-order valence-corrected chi connectivity index (χ3v) is 3.21. The van der Waals surface area contributed by atoms with Gasteiger partial charge in [0.05, 0.1) is 0 Å². The van der Waals surface area contributed by atoms with Crippen molar-refractivity contribution in [2.75, 3.05) is 12.4 Å². The van der Waals surface area contributed by atoms with E-state index in [0.29, 0.717) is 6.04 Å². The molecule has 1 nitrogen and oxygen atoms in total. The van der Waals surface area contributed by atoms with E-state index in [4.69, 9.17) is 11.6 Å². The molecule has 0 radical (unpaired) electrons. The van der Waals surface area contributed by atoms with Crippen LogP contribution in [0, 0.1) is 6.92 Å². The average Bonchev–Trinajstić information content (AvgIpc) is 2.26. The van der Waals surface area contributed by atoms with Gasteiger partial charge in [-0.1, -0.05) is 24.3 Å². The van der Waals surface area contributed by atoms with Crippen LogP contribution in [0.2, 0.25) is 0 Å². The van der Waals surface area contributed by atoms with Gasteiger partial charge in [-0.25, -0.2) is 0 Å². The summed E-state index contributed by atoms with van der Waals surface area (Å²) in [6, 6.07) is 9.17. The molecule has 90 valence electrons. The minimum absolute atomic E-state index is 0.572. The fraction of sp³-hybridized carbons (Fsp3) is 0.571. The summed E-state index contributed by atoms with van der Waals surface area (Å²) in [4.78, 5) is 2.48. The molecule has 0 N–H and O–H groups in total. The Balaban J connectivity index is 2.64. The van der Waals surface area contributed by atoms with Gasteiger partial charge in [0.1, 0.15) is 0 Å². The Morgan fingerprint density at radius 3 is 2.50 bits per heavy atom. The zero-order valence-electron chi connectivity index (χ0n) is 10.5. The molecule has 0 aromatic heterocycles. The molecular weight excluding hydrogens is 218 g/mol. The number of aryl methyl sites for hydroxylation is 1. The maximum atomic E-state index is 5.76. The van der Waals surface area contributed by atoms with Crippen molar-refractivity contribution in [1.29, 1.82) is 0 Å². The Morgan fingerprint density at radius 1 is 1.25 bits per heavy atom. The smallest absolute Gasteiger partial charge is 0.0239 e. The molecule has 0 unspecified atom stereocenters. The molecule has 1 aromatic carbocycles. The van der Waals surface area contributed by atoms with E-state index in [-0.39, 0.29) is 0 Å². The number of hydrogen-bond donors (Lipinski definition) is 0. The zero-order valence-corrected chi connectivity index (χ0v) is 11.3. The first-order chi connectivity index (χ1) is 7.65. The summed E-state index contributed by atoms with van der Waals surface area (Å²) in [6.45, 7) is 8.77. The van der Waals surface area contributed by atoms with E-state index in [0.717, 1.165) is 25.4 Å². The molecule has 0 aliphatic carbocycles. The molecule has 0 saturated carbocycles. The van der Waals surface area contributed by atoms with Gasteiger partial charge < -0.3 is 0 Å². The van der Waals surface area contributed by atoms with E-state index in [1.54, 1.807) is 0 Å². The highest BCUT2D eigenvalue weighted by Gasteiger charge is 2.10. The van der Waals surface area contributed by atoms with Gasteiger partial charge in [-0.05, 0) is 44.9 Å². The summed E-state index contributed by atoms with van der Waals surface area (Å²) < 4.78 is 0. The zero-order chi connectivity index (χ0) is 12.0. The molecule has 0 heterocycles. The van der Waals surface area contributed by atoms with Crippen molar-refractivity contribution in [3.05, 3.63) is 35.4 Å². The lowest BCUT2D eigenvalue weighted by molar-refractivity contribution is 0.213. The van der Waals surface area contributed by atoms with Crippen LogP contribution in [0.3, 0.4) is 0 Å². The first-order valence-corrected chi connectivity index (χ1v) is 6.53. The summed E-state index contributed by atoms with van der Waals surface area (Å²) in [5, 5.41) is 0. The topological polar surface area (TPSA) is 3.24 Å². The van der Waals surface area contributed by atoms with Gasteiger partial charge in [0.2, 0.25) is 0 Å². The third kappa shape index (κ3) is 4.15. The van der Waals surface area contributed by atoms with E-state index in [1.165, 1.54) is 11.1 Å². The molecule has 0 bridgehead atoms. The molecular formula is C14H22ClN. The standard InChI is InChI=1S/C14H22ClN/c1-12(2)16(10-6-9-15)11-14-8-5-4-7-13(14)3/h4-5,7-8,12H,6,9-11H2,1-3H3. The minimum Gasteiger partial charge on any atom is -0.297 e. The SMILES string of the molecule is Cc1ccccc1CN(CCCCl)C(C)C. The molecule has 0 aliphatic heterocycles. The van der Waals surface area contributed by atoms with E-state index in [9.17, 15) is 0 Å². The number of rotatable bonds is 6. The van der Waals surface area contributed by atoms with Crippen LogP contribution in [0.15, 0.2) is 24.3 Å². The molecule has 16 heavy (non-hydrogen) atoms. The molecule has 0 spiro atoms. The van der Waals surface area contributed by atoms with Crippen LogP contribution in [-0.2, 0) is 6.54 Å². The molecule has 1 aromatic rings. The van der Waals surface area contributed by atoms with Gasteiger partial charge >= 0.3 is 0 Å². The Hall–Kier alpha value is -0.530. The first-order valence-electron chi connectivity index (χ1n) is 5.99. The minimum atomic E-state index is 0.572.